The Morgan fingerprint density at radius 2 is 1.35 bits per heavy atom. The van der Waals surface area contributed by atoms with Crippen molar-refractivity contribution in [2.75, 3.05) is 14.1 Å². The van der Waals surface area contributed by atoms with Gasteiger partial charge in [-0.25, -0.2) is 0 Å². The third-order valence-electron chi connectivity index (χ3n) is 3.58. The average molecular weight is 285 g/mol. The highest BCUT2D eigenvalue weighted by atomic mass is 16.4. The standard InChI is InChI=1S/C16H31NO3/c1-4-5-6-7-8-9-10-11-12-13-14(18)15(16(19)20)17(2)3/h15H,4-13H2,1-3H3,(H,19,20). The van der Waals surface area contributed by atoms with Crippen LogP contribution in [0.25, 0.3) is 0 Å². The Bertz CT molecular complexity index is 277. The van der Waals surface area contributed by atoms with Crippen LogP contribution < -0.4 is 0 Å². The minimum atomic E-state index is -1.05. The predicted molar refractivity (Wildman–Crippen MR) is 82.0 cm³/mol. The zero-order valence-electron chi connectivity index (χ0n) is 13.4. The molecule has 0 fully saturated rings. The molecule has 0 saturated carbocycles. The van der Waals surface area contributed by atoms with Crippen LogP contribution in [0.1, 0.15) is 71.1 Å². The summed E-state index contributed by atoms with van der Waals surface area (Å²) in [5, 5.41) is 9.00. The molecule has 0 aromatic rings. The molecule has 0 aliphatic heterocycles. The Balaban J connectivity index is 3.59. The summed E-state index contributed by atoms with van der Waals surface area (Å²) in [5.41, 5.74) is 0. The first kappa shape index (κ1) is 19.1. The van der Waals surface area contributed by atoms with Crippen molar-refractivity contribution in [3.63, 3.8) is 0 Å². The second-order valence-corrected chi connectivity index (χ2v) is 5.75. The zero-order valence-corrected chi connectivity index (χ0v) is 13.4. The van der Waals surface area contributed by atoms with Gasteiger partial charge in [0.1, 0.15) is 0 Å². The van der Waals surface area contributed by atoms with Gasteiger partial charge in [-0.3, -0.25) is 14.5 Å². The van der Waals surface area contributed by atoms with Gasteiger partial charge in [-0.05, 0) is 20.5 Å². The number of hydrogen-bond donors (Lipinski definition) is 1. The van der Waals surface area contributed by atoms with E-state index in [-0.39, 0.29) is 5.78 Å². The van der Waals surface area contributed by atoms with E-state index >= 15 is 0 Å². The second-order valence-electron chi connectivity index (χ2n) is 5.75. The number of carboxylic acid groups (broad SMARTS) is 1. The van der Waals surface area contributed by atoms with Crippen LogP contribution in [0.5, 0.6) is 0 Å². The zero-order chi connectivity index (χ0) is 15.4. The fraction of sp³-hybridized carbons (Fsp3) is 0.875. The normalized spacial score (nSPS) is 12.6. The van der Waals surface area contributed by atoms with Gasteiger partial charge in [-0.2, -0.15) is 0 Å². The SMILES string of the molecule is CCCCCCCCCCCC(=O)C(C(=O)O)N(C)C. The van der Waals surface area contributed by atoms with Crippen molar-refractivity contribution >= 4 is 11.8 Å². The van der Waals surface area contributed by atoms with Crippen LogP contribution in [0, 0.1) is 0 Å². The monoisotopic (exact) mass is 285 g/mol. The van der Waals surface area contributed by atoms with E-state index in [0.29, 0.717) is 6.42 Å². The van der Waals surface area contributed by atoms with Gasteiger partial charge >= 0.3 is 5.97 Å². The highest BCUT2D eigenvalue weighted by molar-refractivity contribution is 6.02. The summed E-state index contributed by atoms with van der Waals surface area (Å²) in [5.74, 6) is -1.22. The molecular formula is C16H31NO3. The van der Waals surface area contributed by atoms with Gasteiger partial charge in [-0.15, -0.1) is 0 Å². The summed E-state index contributed by atoms with van der Waals surface area (Å²) in [6.07, 6.45) is 11.1. The highest BCUT2D eigenvalue weighted by Gasteiger charge is 2.27. The molecule has 1 atom stereocenters. The first-order valence-electron chi connectivity index (χ1n) is 7.92. The average Bonchev–Trinajstić information content (AvgIpc) is 2.36. The van der Waals surface area contributed by atoms with Crippen LogP contribution in [-0.4, -0.2) is 41.9 Å². The summed E-state index contributed by atoms with van der Waals surface area (Å²) < 4.78 is 0. The van der Waals surface area contributed by atoms with Crippen LogP contribution >= 0.6 is 0 Å². The van der Waals surface area contributed by atoms with Crippen molar-refractivity contribution in [1.82, 2.24) is 4.90 Å². The quantitative estimate of drug-likeness (QED) is 0.416. The fourth-order valence-corrected chi connectivity index (χ4v) is 2.39. The highest BCUT2D eigenvalue weighted by Crippen LogP contribution is 2.11. The van der Waals surface area contributed by atoms with Crippen molar-refractivity contribution < 1.29 is 14.7 Å². The molecule has 0 amide bonds. The van der Waals surface area contributed by atoms with Crippen LogP contribution in [0.4, 0.5) is 0 Å². The molecule has 4 nitrogen and oxygen atoms in total. The number of aliphatic carboxylic acids is 1. The molecule has 0 saturated heterocycles. The topological polar surface area (TPSA) is 57.6 Å². The number of rotatable bonds is 13. The molecule has 1 N–H and O–H groups in total. The van der Waals surface area contributed by atoms with Crippen LogP contribution in [0.15, 0.2) is 0 Å². The third-order valence-corrected chi connectivity index (χ3v) is 3.58. The molecule has 0 heterocycles. The van der Waals surface area contributed by atoms with Gasteiger partial charge < -0.3 is 5.11 Å². The molecule has 0 aliphatic carbocycles. The molecule has 0 aromatic heterocycles. The summed E-state index contributed by atoms with van der Waals surface area (Å²) in [6.45, 7) is 2.22. The maximum absolute atomic E-state index is 11.8. The first-order valence-corrected chi connectivity index (χ1v) is 7.92. The van der Waals surface area contributed by atoms with Gasteiger partial charge in [-0.1, -0.05) is 58.3 Å². The van der Waals surface area contributed by atoms with E-state index in [9.17, 15) is 9.59 Å². The number of carbonyl (C=O) groups excluding carboxylic acids is 1. The Morgan fingerprint density at radius 3 is 1.75 bits per heavy atom. The van der Waals surface area contributed by atoms with Crippen molar-refractivity contribution in [3.8, 4) is 0 Å². The summed E-state index contributed by atoms with van der Waals surface area (Å²) in [7, 11) is 3.26. The molecule has 0 spiro atoms. The van der Waals surface area contributed by atoms with Gasteiger partial charge in [0.2, 0.25) is 0 Å². The lowest BCUT2D eigenvalue weighted by Crippen LogP contribution is -2.42. The number of unbranched alkanes of at least 4 members (excludes halogenated alkanes) is 8. The molecule has 0 radical (unpaired) electrons. The van der Waals surface area contributed by atoms with E-state index < -0.39 is 12.0 Å². The number of likely N-dealkylation sites (N-methyl/N-ethyl adjacent to an activating group) is 1. The number of carboxylic acids is 1. The van der Waals surface area contributed by atoms with E-state index in [1.54, 1.807) is 14.1 Å². The Labute approximate surface area is 123 Å². The van der Waals surface area contributed by atoms with Gasteiger partial charge in [0.25, 0.3) is 0 Å². The summed E-state index contributed by atoms with van der Waals surface area (Å²) >= 11 is 0. The molecule has 4 heteroatoms. The molecule has 0 rings (SSSR count). The summed E-state index contributed by atoms with van der Waals surface area (Å²) in [4.78, 5) is 24.3. The van der Waals surface area contributed by atoms with E-state index in [4.69, 9.17) is 5.11 Å². The molecule has 20 heavy (non-hydrogen) atoms. The van der Waals surface area contributed by atoms with E-state index in [1.807, 2.05) is 0 Å². The third kappa shape index (κ3) is 9.08. The minimum absolute atomic E-state index is 0.176. The maximum atomic E-state index is 11.8. The van der Waals surface area contributed by atoms with E-state index in [0.717, 1.165) is 19.3 Å². The lowest BCUT2D eigenvalue weighted by atomic mass is 10.0. The van der Waals surface area contributed by atoms with Crippen molar-refractivity contribution in [2.45, 2.75) is 77.2 Å². The van der Waals surface area contributed by atoms with Crippen LogP contribution in [0.2, 0.25) is 0 Å². The Morgan fingerprint density at radius 1 is 0.900 bits per heavy atom. The van der Waals surface area contributed by atoms with E-state index in [2.05, 4.69) is 6.92 Å². The Hall–Kier alpha value is -0.900. The molecular weight excluding hydrogens is 254 g/mol. The van der Waals surface area contributed by atoms with E-state index in [1.165, 1.54) is 43.4 Å². The van der Waals surface area contributed by atoms with Crippen molar-refractivity contribution in [2.24, 2.45) is 0 Å². The molecule has 118 valence electrons. The largest absolute Gasteiger partial charge is 0.480 e. The van der Waals surface area contributed by atoms with Gasteiger partial charge in [0.05, 0.1) is 0 Å². The molecule has 1 unspecified atom stereocenters. The predicted octanol–water partition coefficient (Wildman–Crippen LogP) is 3.49. The number of carbonyl (C=O) groups is 2. The fourth-order valence-electron chi connectivity index (χ4n) is 2.39. The first-order chi connectivity index (χ1) is 9.50. The molecule has 0 aromatic carbocycles. The smallest absolute Gasteiger partial charge is 0.328 e. The lowest BCUT2D eigenvalue weighted by molar-refractivity contribution is -0.146. The van der Waals surface area contributed by atoms with Crippen LogP contribution in [-0.2, 0) is 9.59 Å². The summed E-state index contributed by atoms with van der Waals surface area (Å²) in [6, 6.07) is -0.982. The van der Waals surface area contributed by atoms with Gasteiger partial charge in [0, 0.05) is 6.42 Å². The molecule has 0 bridgehead atoms. The van der Waals surface area contributed by atoms with Crippen molar-refractivity contribution in [1.29, 1.82) is 0 Å². The number of Topliss-reactive ketones (excluding diaryl/α,β-unsaturated/α-hetero) is 1. The Kier molecular flexibility index (Phi) is 11.4. The number of nitrogens with zero attached hydrogens (tertiary/aromatic N) is 1. The van der Waals surface area contributed by atoms with Gasteiger partial charge in [0.15, 0.2) is 11.8 Å². The lowest BCUT2D eigenvalue weighted by Gasteiger charge is -2.18. The van der Waals surface area contributed by atoms with Crippen LogP contribution in [0.3, 0.4) is 0 Å². The second kappa shape index (κ2) is 11.9. The minimum Gasteiger partial charge on any atom is -0.480 e. The molecule has 0 aliphatic rings. The number of ketones is 1. The maximum Gasteiger partial charge on any atom is 0.328 e. The number of hydrogen-bond acceptors (Lipinski definition) is 3. The van der Waals surface area contributed by atoms with Crippen molar-refractivity contribution in [3.05, 3.63) is 0 Å².